The average Bonchev–Trinajstić information content (AvgIpc) is 2.65. The minimum atomic E-state index is -0.569. The Bertz CT molecular complexity index is 1100. The zero-order chi connectivity index (χ0) is 18.8. The van der Waals surface area contributed by atoms with E-state index in [2.05, 4.69) is 9.97 Å². The Kier molecular flexibility index (Phi) is 4.57. The highest BCUT2D eigenvalue weighted by Crippen LogP contribution is 2.15. The van der Waals surface area contributed by atoms with E-state index in [-0.39, 0.29) is 22.5 Å². The maximum absolute atomic E-state index is 12.7. The Labute approximate surface area is 148 Å². The van der Waals surface area contributed by atoms with Crippen LogP contribution in [0, 0.1) is 0 Å². The van der Waals surface area contributed by atoms with Crippen LogP contribution in [0.25, 0.3) is 11.0 Å². The molecule has 1 N–H and O–H groups in total. The number of hydrogen-bond acceptors (Lipinski definition) is 5. The average molecular weight is 354 g/mol. The van der Waals surface area contributed by atoms with E-state index < -0.39 is 11.2 Å². The van der Waals surface area contributed by atoms with E-state index in [1.54, 1.807) is 14.2 Å². The van der Waals surface area contributed by atoms with Crippen molar-refractivity contribution in [2.45, 2.75) is 6.54 Å². The Morgan fingerprint density at radius 1 is 1.31 bits per heavy atom. The van der Waals surface area contributed by atoms with Crippen molar-refractivity contribution in [1.82, 2.24) is 19.4 Å². The van der Waals surface area contributed by atoms with Crippen LogP contribution in [0.2, 0.25) is 0 Å². The SMILES string of the molecule is COc1cccc(CN(C)C(=O)c2cnc3c(c2)c(=O)[nH]c(=O)n3C)c1. The second-order valence-electron chi connectivity index (χ2n) is 5.93. The predicted molar refractivity (Wildman–Crippen MR) is 96.4 cm³/mol. The van der Waals surface area contributed by atoms with Crippen molar-refractivity contribution < 1.29 is 9.53 Å². The molecule has 3 aromatic rings. The van der Waals surface area contributed by atoms with Gasteiger partial charge in [-0.1, -0.05) is 12.1 Å². The number of aromatic amines is 1. The number of rotatable bonds is 4. The number of H-pyrrole nitrogens is 1. The van der Waals surface area contributed by atoms with Gasteiger partial charge in [0.1, 0.15) is 11.4 Å². The molecule has 0 unspecified atom stereocenters. The molecule has 2 aromatic heterocycles. The smallest absolute Gasteiger partial charge is 0.329 e. The fraction of sp³-hybridized carbons (Fsp3) is 0.222. The summed E-state index contributed by atoms with van der Waals surface area (Å²) < 4.78 is 6.41. The number of nitrogens with zero attached hydrogens (tertiary/aromatic N) is 3. The molecule has 1 aromatic carbocycles. The summed E-state index contributed by atoms with van der Waals surface area (Å²) in [6, 6.07) is 8.87. The topological polar surface area (TPSA) is 97.3 Å². The number of nitrogens with one attached hydrogen (secondary N) is 1. The number of aromatic nitrogens is 3. The van der Waals surface area contributed by atoms with Crippen molar-refractivity contribution in [3.8, 4) is 5.75 Å². The summed E-state index contributed by atoms with van der Waals surface area (Å²) in [6.07, 6.45) is 1.37. The third-order valence-electron chi connectivity index (χ3n) is 4.10. The summed E-state index contributed by atoms with van der Waals surface area (Å²) >= 11 is 0. The van der Waals surface area contributed by atoms with Crippen LogP contribution in [0.3, 0.4) is 0 Å². The van der Waals surface area contributed by atoms with Crippen LogP contribution in [0.15, 0.2) is 46.1 Å². The number of carbonyl (C=O) groups is 1. The van der Waals surface area contributed by atoms with Gasteiger partial charge in [0.25, 0.3) is 11.5 Å². The maximum Gasteiger partial charge on any atom is 0.329 e. The number of amides is 1. The van der Waals surface area contributed by atoms with Gasteiger partial charge in [-0.3, -0.25) is 19.1 Å². The summed E-state index contributed by atoms with van der Waals surface area (Å²) in [5.41, 5.74) is 0.289. The molecule has 134 valence electrons. The Morgan fingerprint density at radius 2 is 2.08 bits per heavy atom. The molecule has 0 saturated heterocycles. The lowest BCUT2D eigenvalue weighted by Crippen LogP contribution is -2.30. The van der Waals surface area contributed by atoms with E-state index in [1.165, 1.54) is 28.8 Å². The minimum Gasteiger partial charge on any atom is -0.497 e. The molecule has 2 heterocycles. The van der Waals surface area contributed by atoms with Gasteiger partial charge in [0, 0.05) is 26.8 Å². The molecule has 1 amide bonds. The first-order valence-electron chi connectivity index (χ1n) is 7.88. The number of benzene rings is 1. The van der Waals surface area contributed by atoms with Gasteiger partial charge in [-0.2, -0.15) is 0 Å². The number of aryl methyl sites for hydroxylation is 1. The summed E-state index contributed by atoms with van der Waals surface area (Å²) in [6.45, 7) is 0.373. The van der Waals surface area contributed by atoms with Gasteiger partial charge in [-0.05, 0) is 23.8 Å². The van der Waals surface area contributed by atoms with Gasteiger partial charge in [-0.15, -0.1) is 0 Å². The molecule has 0 atom stereocenters. The van der Waals surface area contributed by atoms with Gasteiger partial charge in [0.05, 0.1) is 18.1 Å². The molecule has 0 fully saturated rings. The van der Waals surface area contributed by atoms with Crippen LogP contribution in [-0.4, -0.2) is 39.5 Å². The van der Waals surface area contributed by atoms with E-state index in [0.29, 0.717) is 12.3 Å². The van der Waals surface area contributed by atoms with Crippen LogP contribution >= 0.6 is 0 Å². The highest BCUT2D eigenvalue weighted by Gasteiger charge is 2.15. The number of ether oxygens (including phenoxy) is 1. The molecule has 3 rings (SSSR count). The van der Waals surface area contributed by atoms with Crippen molar-refractivity contribution in [2.75, 3.05) is 14.2 Å². The van der Waals surface area contributed by atoms with Gasteiger partial charge < -0.3 is 9.64 Å². The summed E-state index contributed by atoms with van der Waals surface area (Å²) in [4.78, 5) is 44.2. The molecule has 0 aliphatic rings. The largest absolute Gasteiger partial charge is 0.497 e. The molecule has 0 bridgehead atoms. The summed E-state index contributed by atoms with van der Waals surface area (Å²) in [5, 5.41) is 0.188. The zero-order valence-corrected chi connectivity index (χ0v) is 14.6. The van der Waals surface area contributed by atoms with Crippen molar-refractivity contribution in [3.63, 3.8) is 0 Å². The minimum absolute atomic E-state index is 0.188. The van der Waals surface area contributed by atoms with Gasteiger partial charge in [-0.25, -0.2) is 9.78 Å². The molecular weight excluding hydrogens is 336 g/mol. The number of hydrogen-bond donors (Lipinski definition) is 1. The van der Waals surface area contributed by atoms with E-state index >= 15 is 0 Å². The van der Waals surface area contributed by atoms with Crippen molar-refractivity contribution in [1.29, 1.82) is 0 Å². The van der Waals surface area contributed by atoms with Crippen molar-refractivity contribution in [2.24, 2.45) is 7.05 Å². The third kappa shape index (κ3) is 3.21. The predicted octanol–water partition coefficient (Wildman–Crippen LogP) is 0.903. The molecular formula is C18H18N4O4. The van der Waals surface area contributed by atoms with Crippen LogP contribution in [0.1, 0.15) is 15.9 Å². The highest BCUT2D eigenvalue weighted by molar-refractivity contribution is 5.96. The molecule has 26 heavy (non-hydrogen) atoms. The van der Waals surface area contributed by atoms with E-state index in [4.69, 9.17) is 4.74 Å². The molecule has 0 aliphatic heterocycles. The summed E-state index contributed by atoms with van der Waals surface area (Å²) in [5.74, 6) is 0.429. The van der Waals surface area contributed by atoms with E-state index in [1.807, 2.05) is 24.3 Å². The van der Waals surface area contributed by atoms with Gasteiger partial charge in [0.15, 0.2) is 0 Å². The van der Waals surface area contributed by atoms with Crippen LogP contribution in [0.5, 0.6) is 5.75 Å². The van der Waals surface area contributed by atoms with E-state index in [9.17, 15) is 14.4 Å². The Balaban J connectivity index is 1.91. The van der Waals surface area contributed by atoms with Crippen molar-refractivity contribution >= 4 is 16.9 Å². The second-order valence-corrected chi connectivity index (χ2v) is 5.93. The van der Waals surface area contributed by atoms with Crippen LogP contribution in [-0.2, 0) is 13.6 Å². The second kappa shape index (κ2) is 6.83. The number of methoxy groups -OCH3 is 1. The molecule has 8 nitrogen and oxygen atoms in total. The number of carbonyl (C=O) groups excluding carboxylic acids is 1. The zero-order valence-electron chi connectivity index (χ0n) is 14.6. The maximum atomic E-state index is 12.7. The number of pyridine rings is 1. The Hall–Kier alpha value is -3.42. The molecule has 8 heteroatoms. The van der Waals surface area contributed by atoms with E-state index in [0.717, 1.165) is 5.56 Å². The van der Waals surface area contributed by atoms with Crippen molar-refractivity contribution in [3.05, 3.63) is 68.5 Å². The fourth-order valence-electron chi connectivity index (χ4n) is 2.69. The fourth-order valence-corrected chi connectivity index (χ4v) is 2.69. The molecule has 0 saturated carbocycles. The lowest BCUT2D eigenvalue weighted by Gasteiger charge is -2.18. The van der Waals surface area contributed by atoms with Crippen LogP contribution in [0.4, 0.5) is 0 Å². The normalized spacial score (nSPS) is 10.7. The Morgan fingerprint density at radius 3 is 2.81 bits per heavy atom. The molecule has 0 spiro atoms. The standard InChI is InChI=1S/C18H18N4O4/c1-21(10-11-5-4-6-13(7-11)26-3)17(24)12-8-14-15(19-9-12)22(2)18(25)20-16(14)23/h4-9H,10H2,1-3H3,(H,20,23,25). The first kappa shape index (κ1) is 17.4. The third-order valence-corrected chi connectivity index (χ3v) is 4.10. The molecule has 0 radical (unpaired) electrons. The first-order valence-corrected chi connectivity index (χ1v) is 7.88. The summed E-state index contributed by atoms with van der Waals surface area (Å²) in [7, 11) is 4.75. The monoisotopic (exact) mass is 354 g/mol. The highest BCUT2D eigenvalue weighted by atomic mass is 16.5. The lowest BCUT2D eigenvalue weighted by molar-refractivity contribution is 0.0784. The lowest BCUT2D eigenvalue weighted by atomic mass is 10.1. The van der Waals surface area contributed by atoms with Gasteiger partial charge >= 0.3 is 5.69 Å². The number of fused-ring (bicyclic) bond motifs is 1. The molecule has 0 aliphatic carbocycles. The quantitative estimate of drug-likeness (QED) is 0.751. The first-order chi connectivity index (χ1) is 12.4. The van der Waals surface area contributed by atoms with Crippen LogP contribution < -0.4 is 16.0 Å². The van der Waals surface area contributed by atoms with Gasteiger partial charge in [0.2, 0.25) is 0 Å².